The van der Waals surface area contributed by atoms with E-state index in [-0.39, 0.29) is 11.8 Å². The van der Waals surface area contributed by atoms with Crippen LogP contribution in [0.2, 0.25) is 5.02 Å². The number of hydrogen-bond donors (Lipinski definition) is 3. The number of nitrogens with zero attached hydrogens (tertiary/aromatic N) is 5. The maximum Gasteiger partial charge on any atom is 0.310 e. The Morgan fingerprint density at radius 1 is 1.14 bits per heavy atom. The molecule has 36 heavy (non-hydrogen) atoms. The Morgan fingerprint density at radius 3 is 2.64 bits per heavy atom. The highest BCUT2D eigenvalue weighted by atomic mass is 35.5. The van der Waals surface area contributed by atoms with Crippen LogP contribution in [0, 0.1) is 25.7 Å². The number of thiazole rings is 1. The van der Waals surface area contributed by atoms with Crippen LogP contribution < -0.4 is 21.0 Å². The van der Waals surface area contributed by atoms with Gasteiger partial charge in [-0.05, 0) is 38.3 Å². The number of amides is 2. The lowest BCUT2D eigenvalue weighted by Gasteiger charge is -2.35. The number of carbonyl (C=O) groups is 2. The summed E-state index contributed by atoms with van der Waals surface area (Å²) in [5.41, 5.74) is 4.24. The van der Waals surface area contributed by atoms with Gasteiger partial charge in [-0.3, -0.25) is 15.0 Å². The largest absolute Gasteiger partial charge is 0.354 e. The predicted octanol–water partition coefficient (Wildman–Crippen LogP) is 3.38. The van der Waals surface area contributed by atoms with E-state index in [1.807, 2.05) is 37.1 Å². The van der Waals surface area contributed by atoms with E-state index in [1.165, 1.54) is 17.5 Å². The summed E-state index contributed by atoms with van der Waals surface area (Å²) in [5.74, 6) is 6.43. The number of rotatable bonds is 6. The summed E-state index contributed by atoms with van der Waals surface area (Å²) in [7, 11) is 0. The molecular weight excluding hydrogens is 500 g/mol. The van der Waals surface area contributed by atoms with Crippen molar-refractivity contribution in [3.8, 4) is 11.8 Å². The van der Waals surface area contributed by atoms with Crippen molar-refractivity contribution in [3.05, 3.63) is 51.7 Å². The molecule has 0 saturated carbocycles. The quantitative estimate of drug-likeness (QED) is 0.420. The van der Waals surface area contributed by atoms with Crippen LogP contribution in [-0.2, 0) is 4.79 Å². The van der Waals surface area contributed by atoms with Crippen molar-refractivity contribution in [2.45, 2.75) is 20.8 Å². The highest BCUT2D eigenvalue weighted by molar-refractivity contribution is 7.17. The van der Waals surface area contributed by atoms with Crippen molar-refractivity contribution in [2.24, 2.45) is 0 Å². The first-order valence-electron chi connectivity index (χ1n) is 11.2. The van der Waals surface area contributed by atoms with Crippen LogP contribution in [0.3, 0.4) is 0 Å². The van der Waals surface area contributed by atoms with Gasteiger partial charge in [0, 0.05) is 32.2 Å². The van der Waals surface area contributed by atoms with E-state index in [0.29, 0.717) is 58.5 Å². The zero-order chi connectivity index (χ0) is 25.7. The van der Waals surface area contributed by atoms with E-state index in [4.69, 9.17) is 11.6 Å². The van der Waals surface area contributed by atoms with Crippen molar-refractivity contribution in [3.63, 3.8) is 0 Å². The molecule has 2 amide bonds. The topological polar surface area (TPSA) is 115 Å². The van der Waals surface area contributed by atoms with Gasteiger partial charge in [0.1, 0.15) is 22.3 Å². The van der Waals surface area contributed by atoms with Crippen LogP contribution >= 0.6 is 22.9 Å². The third kappa shape index (κ3) is 6.28. The lowest BCUT2D eigenvalue weighted by atomic mass is 10.2. The lowest BCUT2D eigenvalue weighted by molar-refractivity contribution is -0.120. The molecule has 1 aromatic carbocycles. The second-order valence-electron chi connectivity index (χ2n) is 7.99. The zero-order valence-electron chi connectivity index (χ0n) is 20.1. The van der Waals surface area contributed by atoms with Crippen LogP contribution in [0.15, 0.2) is 30.5 Å². The smallest absolute Gasteiger partial charge is 0.310 e. The average molecular weight is 525 g/mol. The number of benzene rings is 1. The number of para-hydroxylation sites is 1. The molecule has 0 aliphatic carbocycles. The van der Waals surface area contributed by atoms with E-state index in [9.17, 15) is 9.59 Å². The molecule has 0 bridgehead atoms. The SMILES string of the molecule is CC#CC(=O)NN1CCN(c2cc(Nc3ncc(C(=O)Nc4c(C)cccc4Cl)s3)nc(C)n2)CC1. The van der Waals surface area contributed by atoms with Crippen LogP contribution in [-0.4, -0.2) is 58.0 Å². The molecule has 0 radical (unpaired) electrons. The Kier molecular flexibility index (Phi) is 8.00. The van der Waals surface area contributed by atoms with Crippen molar-refractivity contribution < 1.29 is 9.59 Å². The van der Waals surface area contributed by atoms with Gasteiger partial charge < -0.3 is 15.5 Å². The number of hydrogen-bond acceptors (Lipinski definition) is 9. The summed E-state index contributed by atoms with van der Waals surface area (Å²) in [4.78, 5) is 40.3. The highest BCUT2D eigenvalue weighted by Gasteiger charge is 2.20. The van der Waals surface area contributed by atoms with Crippen molar-refractivity contribution in [1.29, 1.82) is 0 Å². The predicted molar refractivity (Wildman–Crippen MR) is 142 cm³/mol. The molecular formula is C24H25ClN8O2S. The number of piperazine rings is 1. The van der Waals surface area contributed by atoms with Crippen molar-refractivity contribution in [1.82, 2.24) is 25.4 Å². The van der Waals surface area contributed by atoms with E-state index in [0.717, 1.165) is 11.4 Å². The first-order chi connectivity index (χ1) is 17.3. The Morgan fingerprint density at radius 2 is 1.92 bits per heavy atom. The molecule has 10 nitrogen and oxygen atoms in total. The maximum atomic E-state index is 12.7. The number of hydrazine groups is 1. The number of anilines is 4. The summed E-state index contributed by atoms with van der Waals surface area (Å²) in [6.07, 6.45) is 1.51. The number of halogens is 1. The molecule has 1 fully saturated rings. The van der Waals surface area contributed by atoms with E-state index >= 15 is 0 Å². The molecule has 12 heteroatoms. The Balaban J connectivity index is 1.40. The minimum atomic E-state index is -0.311. The maximum absolute atomic E-state index is 12.7. The molecule has 1 saturated heterocycles. The molecule has 0 spiro atoms. The Labute approximate surface area is 218 Å². The molecule has 3 heterocycles. The van der Waals surface area contributed by atoms with Crippen molar-refractivity contribution in [2.75, 3.05) is 41.7 Å². The fraction of sp³-hybridized carbons (Fsp3) is 0.292. The minimum Gasteiger partial charge on any atom is -0.354 e. The second kappa shape index (κ2) is 11.3. The molecule has 186 valence electrons. The summed E-state index contributed by atoms with van der Waals surface area (Å²) in [5, 5.41) is 8.89. The fourth-order valence-electron chi connectivity index (χ4n) is 3.62. The minimum absolute atomic E-state index is 0.286. The molecule has 0 unspecified atom stereocenters. The third-order valence-corrected chi connectivity index (χ3v) is 6.58. The molecule has 3 aromatic rings. The van der Waals surface area contributed by atoms with Crippen LogP contribution in [0.1, 0.15) is 28.0 Å². The zero-order valence-corrected chi connectivity index (χ0v) is 21.6. The van der Waals surface area contributed by atoms with Gasteiger partial charge in [0.15, 0.2) is 5.13 Å². The summed E-state index contributed by atoms with van der Waals surface area (Å²) in [6.45, 7) is 7.97. The number of aromatic nitrogens is 3. The molecule has 3 N–H and O–H groups in total. The Hall–Kier alpha value is -3.72. The Bertz CT molecular complexity index is 1320. The van der Waals surface area contributed by atoms with E-state index in [1.54, 1.807) is 13.0 Å². The molecule has 0 atom stereocenters. The van der Waals surface area contributed by atoms with Crippen LogP contribution in [0.5, 0.6) is 0 Å². The van der Waals surface area contributed by atoms with E-state index in [2.05, 4.69) is 47.8 Å². The number of aryl methyl sites for hydroxylation is 2. The van der Waals surface area contributed by atoms with Gasteiger partial charge in [0.25, 0.3) is 5.91 Å². The number of nitrogens with one attached hydrogen (secondary N) is 3. The summed E-state index contributed by atoms with van der Waals surface area (Å²) in [6, 6.07) is 7.29. The normalized spacial score (nSPS) is 13.5. The summed E-state index contributed by atoms with van der Waals surface area (Å²) >= 11 is 7.44. The highest BCUT2D eigenvalue weighted by Crippen LogP contribution is 2.28. The van der Waals surface area contributed by atoms with Gasteiger partial charge >= 0.3 is 5.91 Å². The monoisotopic (exact) mass is 524 g/mol. The van der Waals surface area contributed by atoms with Crippen LogP contribution in [0.4, 0.5) is 22.5 Å². The average Bonchev–Trinajstić information content (AvgIpc) is 3.30. The van der Waals surface area contributed by atoms with Gasteiger partial charge in [-0.1, -0.05) is 41.0 Å². The van der Waals surface area contributed by atoms with E-state index < -0.39 is 0 Å². The van der Waals surface area contributed by atoms with Gasteiger partial charge in [-0.2, -0.15) is 0 Å². The van der Waals surface area contributed by atoms with Gasteiger partial charge in [-0.15, -0.1) is 0 Å². The number of carbonyl (C=O) groups excluding carboxylic acids is 2. The van der Waals surface area contributed by atoms with Gasteiger partial charge in [-0.25, -0.2) is 20.0 Å². The summed E-state index contributed by atoms with van der Waals surface area (Å²) < 4.78 is 0. The molecule has 1 aliphatic rings. The van der Waals surface area contributed by atoms with Crippen molar-refractivity contribution >= 4 is 57.2 Å². The molecule has 4 rings (SSSR count). The molecule has 1 aliphatic heterocycles. The molecule has 2 aromatic heterocycles. The van der Waals surface area contributed by atoms with Crippen LogP contribution in [0.25, 0.3) is 0 Å². The first kappa shape index (κ1) is 25.4. The van der Waals surface area contributed by atoms with Gasteiger partial charge in [0.05, 0.1) is 16.9 Å². The second-order valence-corrected chi connectivity index (χ2v) is 9.43. The van der Waals surface area contributed by atoms with Gasteiger partial charge in [0.2, 0.25) is 0 Å². The fourth-order valence-corrected chi connectivity index (χ4v) is 4.61. The standard InChI is InChI=1S/C24H25ClN8O2S/c1-4-6-21(34)31-33-11-9-32(10-12-33)20-13-19(27-16(3)28-20)29-24-26-14-18(36-24)23(35)30-22-15(2)7-5-8-17(22)25/h5,7-8,13-14H,9-12H2,1-3H3,(H,30,35)(H,31,34)(H,26,27,28,29). The first-order valence-corrected chi connectivity index (χ1v) is 12.4. The third-order valence-electron chi connectivity index (χ3n) is 5.35. The lowest BCUT2D eigenvalue weighted by Crippen LogP contribution is -2.53.